The number of carboxylic acid groups (broad SMARTS) is 1. The number of benzene rings is 2. The van der Waals surface area contributed by atoms with E-state index in [2.05, 4.69) is 4.98 Å². The van der Waals surface area contributed by atoms with E-state index in [1.807, 2.05) is 41.8 Å². The van der Waals surface area contributed by atoms with Crippen molar-refractivity contribution in [2.75, 3.05) is 7.11 Å². The van der Waals surface area contributed by atoms with Crippen molar-refractivity contribution in [2.45, 2.75) is 6.42 Å². The second-order valence-electron chi connectivity index (χ2n) is 5.04. The topological polar surface area (TPSA) is 59.4 Å². The van der Waals surface area contributed by atoms with Gasteiger partial charge in [-0.15, -0.1) is 11.3 Å². The molecule has 1 N–H and O–H groups in total. The predicted molar refractivity (Wildman–Crippen MR) is 90.3 cm³/mol. The van der Waals surface area contributed by atoms with E-state index < -0.39 is 5.97 Å². The molecule has 0 atom stereocenters. The summed E-state index contributed by atoms with van der Waals surface area (Å²) in [6.07, 6.45) is 0.689. The molecule has 0 fully saturated rings. The molecule has 0 bridgehead atoms. The van der Waals surface area contributed by atoms with Crippen molar-refractivity contribution in [1.29, 1.82) is 0 Å². The Hall–Kier alpha value is -2.66. The van der Waals surface area contributed by atoms with E-state index in [9.17, 15) is 4.79 Å². The highest BCUT2D eigenvalue weighted by molar-refractivity contribution is 7.10. The zero-order valence-electron chi connectivity index (χ0n) is 12.5. The van der Waals surface area contributed by atoms with Crippen molar-refractivity contribution in [1.82, 2.24) is 4.98 Å². The Morgan fingerprint density at radius 3 is 2.70 bits per heavy atom. The van der Waals surface area contributed by atoms with Crippen LogP contribution < -0.4 is 4.74 Å². The molecule has 0 saturated carbocycles. The lowest BCUT2D eigenvalue weighted by molar-refractivity contribution is 0.0697. The maximum absolute atomic E-state index is 10.9. The van der Waals surface area contributed by atoms with Gasteiger partial charge in [-0.2, -0.15) is 0 Å². The number of nitrogens with zero attached hydrogens (tertiary/aromatic N) is 1. The smallest absolute Gasteiger partial charge is 0.335 e. The minimum atomic E-state index is -0.911. The number of rotatable bonds is 5. The number of aromatic nitrogens is 1. The molecule has 0 spiro atoms. The van der Waals surface area contributed by atoms with E-state index in [1.165, 1.54) is 0 Å². The maximum atomic E-state index is 10.9. The van der Waals surface area contributed by atoms with Crippen molar-refractivity contribution >= 4 is 17.3 Å². The summed E-state index contributed by atoms with van der Waals surface area (Å²) in [7, 11) is 1.65. The van der Waals surface area contributed by atoms with E-state index in [4.69, 9.17) is 9.84 Å². The highest BCUT2D eigenvalue weighted by Crippen LogP contribution is 2.26. The van der Waals surface area contributed by atoms with Gasteiger partial charge in [-0.25, -0.2) is 9.78 Å². The molecule has 0 unspecified atom stereocenters. The van der Waals surface area contributed by atoms with Crippen LogP contribution in [0.1, 0.15) is 20.9 Å². The van der Waals surface area contributed by atoms with Crippen molar-refractivity contribution < 1.29 is 14.6 Å². The highest BCUT2D eigenvalue weighted by atomic mass is 32.1. The fraction of sp³-hybridized carbons (Fsp3) is 0.111. The molecule has 0 aliphatic heterocycles. The third-order valence-electron chi connectivity index (χ3n) is 3.47. The Balaban J connectivity index is 1.77. The molecular weight excluding hydrogens is 310 g/mol. The molecule has 116 valence electrons. The summed E-state index contributed by atoms with van der Waals surface area (Å²) in [4.78, 5) is 15.5. The molecule has 0 radical (unpaired) electrons. The Morgan fingerprint density at radius 2 is 2.00 bits per heavy atom. The standard InChI is InChI=1S/C18H15NO3S/c1-22-15-4-2-3-14(10-15)16-11-23-17(19-16)9-12-5-7-13(8-6-12)18(20)21/h2-8,10-11H,9H2,1H3,(H,20,21). The number of ether oxygens (including phenoxy) is 1. The number of hydrogen-bond acceptors (Lipinski definition) is 4. The first-order valence-corrected chi connectivity index (χ1v) is 7.95. The molecule has 0 saturated heterocycles. The van der Waals surface area contributed by atoms with Crippen molar-refractivity contribution in [2.24, 2.45) is 0 Å². The summed E-state index contributed by atoms with van der Waals surface area (Å²) in [6, 6.07) is 14.7. The molecule has 4 nitrogen and oxygen atoms in total. The van der Waals surface area contributed by atoms with Crippen LogP contribution in [0.4, 0.5) is 0 Å². The van der Waals surface area contributed by atoms with Crippen LogP contribution in [0.15, 0.2) is 53.9 Å². The molecule has 2 aromatic carbocycles. The number of aromatic carboxylic acids is 1. The first-order valence-electron chi connectivity index (χ1n) is 7.07. The van der Waals surface area contributed by atoms with Gasteiger partial charge in [0, 0.05) is 17.4 Å². The molecular formula is C18H15NO3S. The molecule has 5 heteroatoms. The maximum Gasteiger partial charge on any atom is 0.335 e. The van der Waals surface area contributed by atoms with Gasteiger partial charge in [0.2, 0.25) is 0 Å². The summed E-state index contributed by atoms with van der Waals surface area (Å²) in [5, 5.41) is 11.9. The molecule has 0 aliphatic rings. The minimum Gasteiger partial charge on any atom is -0.497 e. The fourth-order valence-electron chi connectivity index (χ4n) is 2.25. The normalized spacial score (nSPS) is 10.5. The monoisotopic (exact) mass is 325 g/mol. The SMILES string of the molecule is COc1cccc(-c2csc(Cc3ccc(C(=O)O)cc3)n2)c1. The number of thiazole rings is 1. The van der Waals surface area contributed by atoms with Crippen LogP contribution in [0, 0.1) is 0 Å². The number of carboxylic acids is 1. The zero-order chi connectivity index (χ0) is 16.2. The third kappa shape index (κ3) is 3.57. The molecule has 1 heterocycles. The summed E-state index contributed by atoms with van der Waals surface area (Å²) in [5.41, 5.74) is 3.28. The van der Waals surface area contributed by atoms with Gasteiger partial charge in [0.05, 0.1) is 23.4 Å². The molecule has 3 rings (SSSR count). The highest BCUT2D eigenvalue weighted by Gasteiger charge is 2.07. The number of methoxy groups -OCH3 is 1. The summed E-state index contributed by atoms with van der Waals surface area (Å²) < 4.78 is 5.24. The molecule has 23 heavy (non-hydrogen) atoms. The van der Waals surface area contributed by atoms with Gasteiger partial charge in [-0.3, -0.25) is 0 Å². The van der Waals surface area contributed by atoms with E-state index in [1.54, 1.807) is 30.6 Å². The first-order chi connectivity index (χ1) is 11.2. The second-order valence-corrected chi connectivity index (χ2v) is 5.98. The van der Waals surface area contributed by atoms with Crippen molar-refractivity contribution in [3.8, 4) is 17.0 Å². The van der Waals surface area contributed by atoms with E-state index in [0.717, 1.165) is 27.6 Å². The van der Waals surface area contributed by atoms with Crippen LogP contribution in [0.25, 0.3) is 11.3 Å². The lowest BCUT2D eigenvalue weighted by Gasteiger charge is -2.02. The van der Waals surface area contributed by atoms with E-state index in [-0.39, 0.29) is 0 Å². The fourth-order valence-corrected chi connectivity index (χ4v) is 3.08. The zero-order valence-corrected chi connectivity index (χ0v) is 13.3. The Morgan fingerprint density at radius 1 is 1.22 bits per heavy atom. The van der Waals surface area contributed by atoms with Crippen LogP contribution in [-0.4, -0.2) is 23.2 Å². The quantitative estimate of drug-likeness (QED) is 0.767. The Kier molecular flexibility index (Phi) is 4.39. The minimum absolute atomic E-state index is 0.296. The summed E-state index contributed by atoms with van der Waals surface area (Å²) in [6.45, 7) is 0. The van der Waals surface area contributed by atoms with Crippen LogP contribution in [0.2, 0.25) is 0 Å². The van der Waals surface area contributed by atoms with Gasteiger partial charge in [-0.1, -0.05) is 24.3 Å². The average Bonchev–Trinajstić information content (AvgIpc) is 3.04. The van der Waals surface area contributed by atoms with Crippen molar-refractivity contribution in [3.05, 3.63) is 70.0 Å². The van der Waals surface area contributed by atoms with Gasteiger partial charge >= 0.3 is 5.97 Å². The summed E-state index contributed by atoms with van der Waals surface area (Å²) >= 11 is 1.59. The number of carbonyl (C=O) groups is 1. The number of hydrogen-bond donors (Lipinski definition) is 1. The molecule has 3 aromatic rings. The molecule has 0 amide bonds. The predicted octanol–water partition coefficient (Wildman–Crippen LogP) is 4.11. The Labute approximate surface area is 138 Å². The van der Waals surface area contributed by atoms with E-state index in [0.29, 0.717) is 12.0 Å². The third-order valence-corrected chi connectivity index (χ3v) is 4.32. The van der Waals surface area contributed by atoms with Gasteiger partial charge in [0.1, 0.15) is 5.75 Å². The second kappa shape index (κ2) is 6.62. The van der Waals surface area contributed by atoms with Crippen LogP contribution in [0.5, 0.6) is 5.75 Å². The molecule has 0 aliphatic carbocycles. The van der Waals surface area contributed by atoms with Crippen LogP contribution in [0.3, 0.4) is 0 Å². The lowest BCUT2D eigenvalue weighted by atomic mass is 10.1. The average molecular weight is 325 g/mol. The largest absolute Gasteiger partial charge is 0.497 e. The Bertz CT molecular complexity index is 824. The van der Waals surface area contributed by atoms with Gasteiger partial charge < -0.3 is 9.84 Å². The van der Waals surface area contributed by atoms with Gasteiger partial charge in [-0.05, 0) is 29.8 Å². The summed E-state index contributed by atoms with van der Waals surface area (Å²) in [5.74, 6) is -0.104. The first kappa shape index (κ1) is 15.2. The van der Waals surface area contributed by atoms with Gasteiger partial charge in [0.25, 0.3) is 0 Å². The van der Waals surface area contributed by atoms with Crippen LogP contribution >= 0.6 is 11.3 Å². The van der Waals surface area contributed by atoms with Gasteiger partial charge in [0.15, 0.2) is 0 Å². The van der Waals surface area contributed by atoms with Crippen molar-refractivity contribution in [3.63, 3.8) is 0 Å². The molecule has 1 aromatic heterocycles. The van der Waals surface area contributed by atoms with E-state index >= 15 is 0 Å². The lowest BCUT2D eigenvalue weighted by Crippen LogP contribution is -1.96. The van der Waals surface area contributed by atoms with Crippen LogP contribution in [-0.2, 0) is 6.42 Å².